The zero-order valence-electron chi connectivity index (χ0n) is 23.9. The van der Waals surface area contributed by atoms with Gasteiger partial charge in [0.15, 0.2) is 11.5 Å². The Balaban J connectivity index is 1.48. The Labute approximate surface area is 252 Å². The highest BCUT2D eigenvalue weighted by Gasteiger charge is 2.63. The first-order valence-electron chi connectivity index (χ1n) is 14.1. The van der Waals surface area contributed by atoms with Gasteiger partial charge in [0.1, 0.15) is 0 Å². The van der Waals surface area contributed by atoms with E-state index in [4.69, 9.17) is 23.2 Å². The van der Waals surface area contributed by atoms with Crippen molar-refractivity contribution in [1.29, 1.82) is 0 Å². The molecule has 1 N–H and O–H groups in total. The molecular formula is C30H34Cl2F3N3O4. The van der Waals surface area contributed by atoms with Crippen LogP contribution in [0.4, 0.5) is 13.2 Å². The molecule has 42 heavy (non-hydrogen) atoms. The van der Waals surface area contributed by atoms with Gasteiger partial charge in [0.05, 0.1) is 45.4 Å². The second-order valence-corrected chi connectivity index (χ2v) is 13.9. The molecule has 3 fully saturated rings. The molecule has 2 aromatic rings. The number of carboxylic acids is 1. The second kappa shape index (κ2) is 10.5. The maximum Gasteiger partial charge on any atom is 0.433 e. The van der Waals surface area contributed by atoms with E-state index in [2.05, 4.69) is 18.9 Å². The predicted octanol–water partition coefficient (Wildman–Crippen LogP) is 7.48. The number of halogens is 5. The zero-order valence-corrected chi connectivity index (χ0v) is 25.4. The van der Waals surface area contributed by atoms with Gasteiger partial charge in [-0.15, -0.1) is 0 Å². The summed E-state index contributed by atoms with van der Waals surface area (Å²) in [4.78, 5) is 40.5. The smallest absolute Gasteiger partial charge is 0.433 e. The van der Waals surface area contributed by atoms with Crippen molar-refractivity contribution < 1.29 is 32.7 Å². The molecule has 0 radical (unpaired) electrons. The summed E-state index contributed by atoms with van der Waals surface area (Å²) in [6.07, 6.45) is -2.09. The zero-order chi connectivity index (χ0) is 30.9. The van der Waals surface area contributed by atoms with E-state index in [1.54, 1.807) is 26.0 Å². The number of aryl methyl sites for hydroxylation is 1. The third-order valence-corrected chi connectivity index (χ3v) is 10.6. The number of rotatable bonds is 7. The van der Waals surface area contributed by atoms with Crippen LogP contribution in [-0.2, 0) is 11.0 Å². The molecular weight excluding hydrogens is 594 g/mol. The topological polar surface area (TPSA) is 92.5 Å². The highest BCUT2D eigenvalue weighted by Crippen LogP contribution is 2.67. The number of aromatic nitrogens is 2. The average molecular weight is 629 g/mol. The molecule has 0 unspecified atom stereocenters. The minimum Gasteiger partial charge on any atom is -0.481 e. The third-order valence-electron chi connectivity index (χ3n) is 10.0. The van der Waals surface area contributed by atoms with Gasteiger partial charge >= 0.3 is 12.1 Å². The van der Waals surface area contributed by atoms with Crippen molar-refractivity contribution in [1.82, 2.24) is 14.7 Å². The summed E-state index contributed by atoms with van der Waals surface area (Å²) in [6, 6.07) is 2.01. The lowest BCUT2D eigenvalue weighted by Gasteiger charge is -2.35. The van der Waals surface area contributed by atoms with Crippen LogP contribution in [0.2, 0.25) is 10.0 Å². The Morgan fingerprint density at radius 1 is 1.07 bits per heavy atom. The van der Waals surface area contributed by atoms with Crippen LogP contribution in [0.15, 0.2) is 18.3 Å². The van der Waals surface area contributed by atoms with Crippen molar-refractivity contribution in [2.75, 3.05) is 6.54 Å². The Morgan fingerprint density at radius 2 is 1.62 bits per heavy atom. The normalized spacial score (nSPS) is 28.3. The number of nitrogens with zero attached hydrogens (tertiary/aromatic N) is 3. The lowest BCUT2D eigenvalue weighted by atomic mass is 9.74. The van der Waals surface area contributed by atoms with Crippen LogP contribution in [-0.4, -0.2) is 50.0 Å². The number of carbonyl (C=O) groups excluding carboxylic acids is 2. The van der Waals surface area contributed by atoms with Crippen LogP contribution in [0.1, 0.15) is 97.3 Å². The van der Waals surface area contributed by atoms with Crippen molar-refractivity contribution in [2.24, 2.45) is 22.7 Å². The molecule has 3 aliphatic rings. The van der Waals surface area contributed by atoms with Crippen molar-refractivity contribution in [3.05, 3.63) is 50.8 Å². The van der Waals surface area contributed by atoms with Gasteiger partial charge in [0.25, 0.3) is 5.91 Å². The summed E-state index contributed by atoms with van der Waals surface area (Å²) in [7, 11) is 0. The number of fused-ring (bicyclic) bond motifs is 1. The van der Waals surface area contributed by atoms with E-state index in [0.29, 0.717) is 24.7 Å². The van der Waals surface area contributed by atoms with Crippen LogP contribution in [0, 0.1) is 29.6 Å². The first-order chi connectivity index (χ1) is 19.5. The van der Waals surface area contributed by atoms with E-state index < -0.39 is 59.1 Å². The number of alkyl halides is 3. The number of hydrogen-bond acceptors (Lipinski definition) is 4. The fourth-order valence-electron chi connectivity index (χ4n) is 7.23. The van der Waals surface area contributed by atoms with Gasteiger partial charge in [-0.2, -0.15) is 18.3 Å². The molecule has 5 rings (SSSR count). The monoisotopic (exact) mass is 627 g/mol. The highest BCUT2D eigenvalue weighted by molar-refractivity contribution is 6.40. The molecule has 1 amide bonds. The lowest BCUT2D eigenvalue weighted by molar-refractivity contribution is -0.152. The molecule has 7 nitrogen and oxygen atoms in total. The number of aliphatic carboxylic acids is 1. The summed E-state index contributed by atoms with van der Waals surface area (Å²) in [5.74, 6) is -1.83. The fraction of sp³-hybridized carbons (Fsp3) is 0.600. The van der Waals surface area contributed by atoms with Gasteiger partial charge in [0, 0.05) is 6.04 Å². The Kier molecular flexibility index (Phi) is 7.74. The van der Waals surface area contributed by atoms with Crippen LogP contribution < -0.4 is 0 Å². The van der Waals surface area contributed by atoms with Crippen molar-refractivity contribution in [2.45, 2.75) is 84.5 Å². The third kappa shape index (κ3) is 5.34. The van der Waals surface area contributed by atoms with Crippen molar-refractivity contribution in [3.63, 3.8) is 0 Å². The SMILES string of the molecule is Cc1cc(Cl)c(C(=O)CN(C(=O)c2cnn(C3CCC(C)(C(=O)O)CC3)c2C(F)(F)F)[C@H]2C[C@@H]3[C@H](C2)C3(C)C)c(Cl)c1. The van der Waals surface area contributed by atoms with Crippen LogP contribution in [0.5, 0.6) is 0 Å². The molecule has 0 aliphatic heterocycles. The predicted molar refractivity (Wildman–Crippen MR) is 151 cm³/mol. The minimum atomic E-state index is -4.91. The molecule has 3 atom stereocenters. The van der Waals surface area contributed by atoms with Crippen LogP contribution in [0.25, 0.3) is 0 Å². The van der Waals surface area contributed by atoms with Gasteiger partial charge < -0.3 is 10.0 Å². The number of benzene rings is 1. The largest absolute Gasteiger partial charge is 0.481 e. The lowest BCUT2D eigenvalue weighted by Crippen LogP contribution is -2.44. The minimum absolute atomic E-state index is 0.0284. The number of Topliss-reactive ketones (excluding diaryl/α,β-unsaturated/α-hetero) is 1. The van der Waals surface area contributed by atoms with E-state index in [1.165, 1.54) is 4.90 Å². The molecule has 1 aromatic carbocycles. The van der Waals surface area contributed by atoms with Crippen molar-refractivity contribution in [3.8, 4) is 0 Å². The van der Waals surface area contributed by atoms with Crippen molar-refractivity contribution >= 4 is 40.9 Å². The quantitative estimate of drug-likeness (QED) is 0.321. The first kappa shape index (κ1) is 30.9. The number of hydrogen-bond donors (Lipinski definition) is 1. The fourth-order valence-corrected chi connectivity index (χ4v) is 8.04. The molecule has 0 spiro atoms. The van der Waals surface area contributed by atoms with Gasteiger partial charge in [0.2, 0.25) is 0 Å². The molecule has 228 valence electrons. The van der Waals surface area contributed by atoms with E-state index in [0.717, 1.165) is 16.4 Å². The van der Waals surface area contributed by atoms with Crippen LogP contribution >= 0.6 is 23.2 Å². The van der Waals surface area contributed by atoms with E-state index >= 15 is 0 Å². The van der Waals surface area contributed by atoms with E-state index in [9.17, 15) is 32.7 Å². The van der Waals surface area contributed by atoms with Gasteiger partial charge in [-0.25, -0.2) is 0 Å². The summed E-state index contributed by atoms with van der Waals surface area (Å²) < 4.78 is 44.6. The van der Waals surface area contributed by atoms with Gasteiger partial charge in [-0.3, -0.25) is 19.1 Å². The number of carbonyl (C=O) groups is 3. The number of ketones is 1. The van der Waals surface area contributed by atoms with Crippen LogP contribution in [0.3, 0.4) is 0 Å². The van der Waals surface area contributed by atoms with E-state index in [1.807, 2.05) is 0 Å². The Hall–Kier alpha value is -2.59. The van der Waals surface area contributed by atoms with Gasteiger partial charge in [-0.05, 0) is 87.3 Å². The maximum absolute atomic E-state index is 14.6. The maximum atomic E-state index is 14.6. The molecule has 12 heteroatoms. The Morgan fingerprint density at radius 3 is 2.12 bits per heavy atom. The van der Waals surface area contributed by atoms with E-state index in [-0.39, 0.29) is 46.7 Å². The molecule has 3 aliphatic carbocycles. The first-order valence-corrected chi connectivity index (χ1v) is 14.9. The molecule has 3 saturated carbocycles. The molecule has 1 heterocycles. The Bertz CT molecular complexity index is 1410. The second-order valence-electron chi connectivity index (χ2n) is 13.1. The molecule has 1 aromatic heterocycles. The average Bonchev–Trinajstić information content (AvgIpc) is 3.30. The van der Waals surface area contributed by atoms with Gasteiger partial charge in [-0.1, -0.05) is 37.0 Å². The standard InChI is InChI=1S/C30H34Cl2F3N3O4/c1-15-9-21(31)24(22(32)10-15)23(39)14-37(17-11-19-20(12-17)28(19,2)3)26(40)18-13-36-38(25(18)30(33,34)35)16-5-7-29(4,8-6-16)27(41)42/h9-10,13,16-17,19-20H,5-8,11-12,14H2,1-4H3,(H,41,42)/t16?,17-,19+,20-,29?. The summed E-state index contributed by atoms with van der Waals surface area (Å²) in [6.45, 7) is 7.14. The summed E-state index contributed by atoms with van der Waals surface area (Å²) in [5, 5.41) is 13.8. The molecule has 0 bridgehead atoms. The highest BCUT2D eigenvalue weighted by atomic mass is 35.5. The summed E-state index contributed by atoms with van der Waals surface area (Å²) in [5.41, 5.74) is -1.96. The number of amides is 1. The summed E-state index contributed by atoms with van der Waals surface area (Å²) >= 11 is 12.7. The molecule has 0 saturated heterocycles. The number of carboxylic acid groups (broad SMARTS) is 1.